The molecule has 2 unspecified atom stereocenters. The van der Waals surface area contributed by atoms with E-state index >= 15 is 0 Å². The van der Waals surface area contributed by atoms with Crippen molar-refractivity contribution in [3.63, 3.8) is 0 Å². The molecule has 2 rings (SSSR count). The van der Waals surface area contributed by atoms with E-state index in [1.165, 1.54) is 0 Å². The number of nitrogens with zero attached hydrogens (tertiary/aromatic N) is 1. The lowest BCUT2D eigenvalue weighted by atomic mass is 10.0. The Morgan fingerprint density at radius 3 is 2.88 bits per heavy atom. The van der Waals surface area contributed by atoms with Crippen LogP contribution in [0.15, 0.2) is 30.3 Å². The summed E-state index contributed by atoms with van der Waals surface area (Å²) in [6.07, 6.45) is 0. The molecule has 1 aliphatic rings. The molecule has 1 aliphatic heterocycles. The summed E-state index contributed by atoms with van der Waals surface area (Å²) in [4.78, 5) is 0. The van der Waals surface area contributed by atoms with Gasteiger partial charge in [-0.1, -0.05) is 30.3 Å². The van der Waals surface area contributed by atoms with Crippen LogP contribution in [-0.2, 0) is 27.1 Å². The van der Waals surface area contributed by atoms with Crippen LogP contribution in [0.4, 0.5) is 0 Å². The molecule has 0 amide bonds. The maximum absolute atomic E-state index is 5.87. The van der Waals surface area contributed by atoms with Gasteiger partial charge in [-0.25, -0.2) is 4.31 Å². The number of hydrogen-bond acceptors (Lipinski definition) is 5. The highest BCUT2D eigenvalue weighted by Gasteiger charge is 2.39. The molecule has 0 N–H and O–H groups in total. The van der Waals surface area contributed by atoms with Crippen molar-refractivity contribution in [1.29, 1.82) is 0 Å². The van der Waals surface area contributed by atoms with Gasteiger partial charge in [0.1, 0.15) is 0 Å². The standard InChI is InChI=1S/C11H14NO2PS2/c1-13-11(10-5-3-2-4-6-10)9-12(17-15-16)7-8-14-11/h2-6H,7-9H2,1H3/p+1. The van der Waals surface area contributed by atoms with Gasteiger partial charge in [0, 0.05) is 19.2 Å². The van der Waals surface area contributed by atoms with Crippen molar-refractivity contribution in [3.05, 3.63) is 35.9 Å². The Morgan fingerprint density at radius 1 is 1.47 bits per heavy atom. The first-order chi connectivity index (χ1) is 8.30. The molecule has 0 bridgehead atoms. The molecule has 0 radical (unpaired) electrons. The molecular formula is C11H15NO2PS2+. The van der Waals surface area contributed by atoms with Crippen molar-refractivity contribution in [2.24, 2.45) is 0 Å². The van der Waals surface area contributed by atoms with Crippen molar-refractivity contribution in [3.8, 4) is 0 Å². The summed E-state index contributed by atoms with van der Waals surface area (Å²) in [5.74, 6) is -0.651. The number of methoxy groups -OCH3 is 1. The van der Waals surface area contributed by atoms with Crippen molar-refractivity contribution >= 4 is 29.9 Å². The molecule has 6 heteroatoms. The molecule has 1 saturated heterocycles. The minimum atomic E-state index is -0.651. The van der Waals surface area contributed by atoms with E-state index in [0.29, 0.717) is 19.7 Å². The molecule has 2 atom stereocenters. The number of morpholine rings is 1. The average Bonchev–Trinajstić information content (AvgIpc) is 2.40. The second-order valence-corrected chi connectivity index (χ2v) is 7.12. The van der Waals surface area contributed by atoms with Gasteiger partial charge in [0.15, 0.2) is 23.4 Å². The van der Waals surface area contributed by atoms with Gasteiger partial charge in [0.25, 0.3) is 0 Å². The molecule has 1 aromatic carbocycles. The van der Waals surface area contributed by atoms with Crippen LogP contribution in [0.3, 0.4) is 0 Å². The van der Waals surface area contributed by atoms with E-state index in [2.05, 4.69) is 4.31 Å². The molecule has 0 aliphatic carbocycles. The van der Waals surface area contributed by atoms with E-state index < -0.39 is 5.79 Å². The molecule has 17 heavy (non-hydrogen) atoms. The lowest BCUT2D eigenvalue weighted by Gasteiger charge is -2.39. The normalized spacial score (nSPS) is 26.2. The number of benzene rings is 1. The minimum Gasteiger partial charge on any atom is -0.348 e. The topological polar surface area (TPSA) is 21.7 Å². The maximum atomic E-state index is 5.87. The smallest absolute Gasteiger partial charge is 0.247 e. The Hall–Kier alpha value is -0.0300. The first-order valence-electron chi connectivity index (χ1n) is 5.34. The number of hydrogen-bond donors (Lipinski definition) is 0. The van der Waals surface area contributed by atoms with E-state index in [9.17, 15) is 0 Å². The fraction of sp³-hybridized carbons (Fsp3) is 0.455. The molecule has 3 nitrogen and oxygen atoms in total. The molecule has 1 aromatic rings. The van der Waals surface area contributed by atoms with Gasteiger partial charge in [-0.05, 0) is 0 Å². The second kappa shape index (κ2) is 6.23. The quantitative estimate of drug-likeness (QED) is 0.625. The van der Waals surface area contributed by atoms with Crippen molar-refractivity contribution in [2.45, 2.75) is 5.79 Å². The van der Waals surface area contributed by atoms with E-state index in [0.717, 1.165) is 12.1 Å². The van der Waals surface area contributed by atoms with E-state index in [1.54, 1.807) is 18.7 Å². The van der Waals surface area contributed by atoms with Crippen LogP contribution in [0.1, 0.15) is 5.56 Å². The summed E-state index contributed by atoms with van der Waals surface area (Å²) in [5.41, 5.74) is 1.06. The highest BCUT2D eigenvalue weighted by atomic mass is 32.9. The SMILES string of the molecule is COC1(c2ccccc2)CN(S[PH+]=S)CCO1. The van der Waals surface area contributed by atoms with Crippen LogP contribution >= 0.6 is 18.1 Å². The Morgan fingerprint density at radius 2 is 2.24 bits per heavy atom. The van der Waals surface area contributed by atoms with Gasteiger partial charge in [0.2, 0.25) is 12.3 Å². The molecule has 0 spiro atoms. The molecule has 0 saturated carbocycles. The Labute approximate surface area is 112 Å². The number of ether oxygens (including phenoxy) is 2. The monoisotopic (exact) mass is 288 g/mol. The second-order valence-electron chi connectivity index (χ2n) is 3.71. The van der Waals surface area contributed by atoms with Crippen LogP contribution in [0.25, 0.3) is 0 Å². The van der Waals surface area contributed by atoms with Gasteiger partial charge < -0.3 is 9.47 Å². The molecule has 0 aromatic heterocycles. The zero-order valence-corrected chi connectivity index (χ0v) is 12.2. The zero-order valence-electron chi connectivity index (χ0n) is 9.59. The third-order valence-corrected chi connectivity index (χ3v) is 5.08. The predicted octanol–water partition coefficient (Wildman–Crippen LogP) is 2.52. The molecule has 1 fully saturated rings. The third-order valence-electron chi connectivity index (χ3n) is 2.77. The Kier molecular flexibility index (Phi) is 4.91. The van der Waals surface area contributed by atoms with E-state index in [4.69, 9.17) is 21.3 Å². The summed E-state index contributed by atoms with van der Waals surface area (Å²) in [6.45, 7) is 2.71. The van der Waals surface area contributed by atoms with Gasteiger partial charge in [0.05, 0.1) is 13.2 Å². The highest BCUT2D eigenvalue weighted by Crippen LogP contribution is 2.35. The predicted molar refractivity (Wildman–Crippen MR) is 75.9 cm³/mol. The van der Waals surface area contributed by atoms with Crippen molar-refractivity contribution < 1.29 is 9.47 Å². The summed E-state index contributed by atoms with van der Waals surface area (Å²) in [6, 6.07) is 10.1. The van der Waals surface area contributed by atoms with E-state index in [1.807, 2.05) is 30.3 Å². The lowest BCUT2D eigenvalue weighted by Crippen LogP contribution is -2.48. The van der Waals surface area contributed by atoms with Crippen LogP contribution in [0, 0.1) is 0 Å². The van der Waals surface area contributed by atoms with Crippen LogP contribution < -0.4 is 0 Å². The fourth-order valence-electron chi connectivity index (χ4n) is 1.91. The van der Waals surface area contributed by atoms with Gasteiger partial charge >= 0.3 is 0 Å². The van der Waals surface area contributed by atoms with Crippen LogP contribution in [0.5, 0.6) is 0 Å². The summed E-state index contributed by atoms with van der Waals surface area (Å²) in [7, 11) is 1.69. The lowest BCUT2D eigenvalue weighted by molar-refractivity contribution is -0.253. The fourth-order valence-corrected chi connectivity index (χ4v) is 4.15. The van der Waals surface area contributed by atoms with Crippen molar-refractivity contribution in [1.82, 2.24) is 4.31 Å². The molecule has 92 valence electrons. The third kappa shape index (κ3) is 3.05. The van der Waals surface area contributed by atoms with Gasteiger partial charge in [-0.3, -0.25) is 0 Å². The van der Waals surface area contributed by atoms with Gasteiger partial charge in [-0.2, -0.15) is 0 Å². The molecule has 1 heterocycles. The van der Waals surface area contributed by atoms with Crippen LogP contribution in [-0.4, -0.2) is 31.1 Å². The van der Waals surface area contributed by atoms with Crippen LogP contribution in [0.2, 0.25) is 0 Å². The zero-order chi connectivity index (χ0) is 12.1. The first-order valence-corrected chi connectivity index (χ1v) is 8.97. The average molecular weight is 288 g/mol. The Bertz CT molecular complexity index is 379. The Balaban J connectivity index is 2.22. The highest BCUT2D eigenvalue weighted by molar-refractivity contribution is 8.56. The largest absolute Gasteiger partial charge is 0.348 e. The summed E-state index contributed by atoms with van der Waals surface area (Å²) >= 11 is 6.71. The summed E-state index contributed by atoms with van der Waals surface area (Å²) < 4.78 is 13.7. The maximum Gasteiger partial charge on any atom is 0.247 e. The van der Waals surface area contributed by atoms with Gasteiger partial charge in [-0.15, -0.1) is 0 Å². The number of rotatable bonds is 4. The minimum absolute atomic E-state index is 0.439. The van der Waals surface area contributed by atoms with E-state index in [-0.39, 0.29) is 0 Å². The molecular weight excluding hydrogens is 273 g/mol. The summed E-state index contributed by atoms with van der Waals surface area (Å²) in [5, 5.41) is 0. The van der Waals surface area contributed by atoms with Crippen molar-refractivity contribution in [2.75, 3.05) is 26.8 Å². The first kappa shape index (κ1) is 13.4.